The van der Waals surface area contributed by atoms with Crippen molar-refractivity contribution in [3.05, 3.63) is 35.6 Å². The fraction of sp³-hybridized carbons (Fsp3) is 0.500. The van der Waals surface area contributed by atoms with Gasteiger partial charge in [0, 0.05) is 12.6 Å². The molecule has 2 amide bonds. The number of amides is 2. The predicted molar refractivity (Wildman–Crippen MR) is 68.9 cm³/mol. The van der Waals surface area contributed by atoms with Gasteiger partial charge in [0.05, 0.1) is 0 Å². The van der Waals surface area contributed by atoms with Gasteiger partial charge in [-0.25, -0.2) is 9.18 Å². The molecule has 2 N–H and O–H groups in total. The fourth-order valence-corrected chi connectivity index (χ4v) is 2.32. The largest absolute Gasteiger partial charge is 0.338 e. The molecular weight excluding hydrogens is 231 g/mol. The summed E-state index contributed by atoms with van der Waals surface area (Å²) in [5.74, 6) is -0.212. The summed E-state index contributed by atoms with van der Waals surface area (Å²) in [6.45, 7) is 0.458. The van der Waals surface area contributed by atoms with Gasteiger partial charge in [0.25, 0.3) is 0 Å². The lowest BCUT2D eigenvalue weighted by molar-refractivity contribution is 0.237. The van der Waals surface area contributed by atoms with Gasteiger partial charge in [-0.15, -0.1) is 0 Å². The fourth-order valence-electron chi connectivity index (χ4n) is 2.32. The van der Waals surface area contributed by atoms with Crippen molar-refractivity contribution in [2.45, 2.75) is 38.1 Å². The number of hydrogen-bond donors (Lipinski definition) is 2. The molecule has 1 aromatic carbocycles. The van der Waals surface area contributed by atoms with Crippen molar-refractivity contribution in [2.24, 2.45) is 0 Å². The van der Waals surface area contributed by atoms with Crippen molar-refractivity contribution in [3.63, 3.8) is 0 Å². The molecule has 2 rings (SSSR count). The Bertz CT molecular complexity index is 403. The van der Waals surface area contributed by atoms with E-state index in [4.69, 9.17) is 0 Å². The summed E-state index contributed by atoms with van der Waals surface area (Å²) in [7, 11) is 0. The summed E-state index contributed by atoms with van der Waals surface area (Å²) >= 11 is 0. The van der Waals surface area contributed by atoms with Crippen LogP contribution < -0.4 is 10.6 Å². The smallest absolute Gasteiger partial charge is 0.315 e. The number of nitrogens with one attached hydrogen (secondary N) is 2. The maximum atomic E-state index is 13.3. The van der Waals surface area contributed by atoms with Crippen LogP contribution in [0.5, 0.6) is 0 Å². The lowest BCUT2D eigenvalue weighted by Gasteiger charge is -2.13. The van der Waals surface area contributed by atoms with E-state index in [0.29, 0.717) is 24.6 Å². The Kier molecular flexibility index (Phi) is 4.56. The van der Waals surface area contributed by atoms with Crippen LogP contribution in [0.15, 0.2) is 24.3 Å². The highest BCUT2D eigenvalue weighted by Gasteiger charge is 2.16. The molecule has 3 nitrogen and oxygen atoms in total. The van der Waals surface area contributed by atoms with Crippen molar-refractivity contribution in [3.8, 4) is 0 Å². The second kappa shape index (κ2) is 6.38. The maximum absolute atomic E-state index is 13.3. The van der Waals surface area contributed by atoms with E-state index in [0.717, 1.165) is 12.8 Å². The van der Waals surface area contributed by atoms with Crippen LogP contribution in [-0.2, 0) is 6.42 Å². The second-order valence-electron chi connectivity index (χ2n) is 4.72. The number of urea groups is 1. The molecule has 98 valence electrons. The first-order valence-corrected chi connectivity index (χ1v) is 6.53. The monoisotopic (exact) mass is 250 g/mol. The third-order valence-corrected chi connectivity index (χ3v) is 3.33. The van der Waals surface area contributed by atoms with Gasteiger partial charge in [-0.1, -0.05) is 31.0 Å². The van der Waals surface area contributed by atoms with Crippen LogP contribution in [-0.4, -0.2) is 18.6 Å². The van der Waals surface area contributed by atoms with Gasteiger partial charge < -0.3 is 10.6 Å². The number of rotatable bonds is 4. The average molecular weight is 250 g/mol. The van der Waals surface area contributed by atoms with E-state index in [1.807, 2.05) is 0 Å². The minimum atomic E-state index is -0.212. The van der Waals surface area contributed by atoms with Gasteiger partial charge in [-0.05, 0) is 30.9 Å². The quantitative estimate of drug-likeness (QED) is 0.847. The Balaban J connectivity index is 1.68. The normalized spacial score (nSPS) is 15.6. The van der Waals surface area contributed by atoms with Crippen molar-refractivity contribution < 1.29 is 9.18 Å². The number of halogens is 1. The van der Waals surface area contributed by atoms with Gasteiger partial charge >= 0.3 is 6.03 Å². The first-order valence-electron chi connectivity index (χ1n) is 6.53. The highest BCUT2D eigenvalue weighted by molar-refractivity contribution is 5.74. The van der Waals surface area contributed by atoms with E-state index < -0.39 is 0 Å². The van der Waals surface area contributed by atoms with Crippen LogP contribution in [0.25, 0.3) is 0 Å². The molecule has 1 aromatic rings. The van der Waals surface area contributed by atoms with Gasteiger partial charge in [0.2, 0.25) is 0 Å². The van der Waals surface area contributed by atoms with Gasteiger partial charge in [-0.3, -0.25) is 0 Å². The number of hydrogen-bond acceptors (Lipinski definition) is 1. The van der Waals surface area contributed by atoms with Crippen LogP contribution in [0.2, 0.25) is 0 Å². The average Bonchev–Trinajstić information content (AvgIpc) is 2.84. The molecule has 1 aliphatic rings. The Morgan fingerprint density at radius 3 is 2.72 bits per heavy atom. The lowest BCUT2D eigenvalue weighted by Crippen LogP contribution is -2.41. The van der Waals surface area contributed by atoms with Crippen LogP contribution in [0.3, 0.4) is 0 Å². The Hall–Kier alpha value is -1.58. The molecule has 0 radical (unpaired) electrons. The zero-order valence-electron chi connectivity index (χ0n) is 10.4. The number of carbonyl (C=O) groups excluding carboxylic acids is 1. The number of benzene rings is 1. The Morgan fingerprint density at radius 1 is 1.28 bits per heavy atom. The molecule has 1 saturated carbocycles. The molecular formula is C14H19FN2O. The standard InChI is InChI=1S/C14H19FN2O/c15-13-8-4-1-5-11(13)9-10-16-14(18)17-12-6-2-3-7-12/h1,4-5,8,12H,2-3,6-7,9-10H2,(H2,16,17,18). The van der Waals surface area contributed by atoms with E-state index in [1.54, 1.807) is 18.2 Å². The molecule has 18 heavy (non-hydrogen) atoms. The SMILES string of the molecule is O=C(NCCc1ccccc1F)NC1CCCC1. The zero-order valence-corrected chi connectivity index (χ0v) is 10.4. The van der Waals surface area contributed by atoms with Crippen molar-refractivity contribution >= 4 is 6.03 Å². The van der Waals surface area contributed by atoms with E-state index in [-0.39, 0.29) is 11.8 Å². The third kappa shape index (κ3) is 3.72. The lowest BCUT2D eigenvalue weighted by atomic mass is 10.1. The minimum absolute atomic E-state index is 0.141. The molecule has 0 atom stereocenters. The first-order chi connectivity index (χ1) is 8.75. The minimum Gasteiger partial charge on any atom is -0.338 e. The van der Waals surface area contributed by atoms with Gasteiger partial charge in [0.15, 0.2) is 0 Å². The Morgan fingerprint density at radius 2 is 2.00 bits per heavy atom. The van der Waals surface area contributed by atoms with Crippen molar-refractivity contribution in [1.82, 2.24) is 10.6 Å². The molecule has 1 fully saturated rings. The summed E-state index contributed by atoms with van der Waals surface area (Å²) in [5, 5.41) is 5.70. The molecule has 0 aromatic heterocycles. The molecule has 0 unspecified atom stereocenters. The highest BCUT2D eigenvalue weighted by Crippen LogP contribution is 2.17. The zero-order chi connectivity index (χ0) is 12.8. The molecule has 0 heterocycles. The van der Waals surface area contributed by atoms with E-state index >= 15 is 0 Å². The molecule has 4 heteroatoms. The van der Waals surface area contributed by atoms with Crippen LogP contribution in [0, 0.1) is 5.82 Å². The van der Waals surface area contributed by atoms with Gasteiger partial charge in [-0.2, -0.15) is 0 Å². The first kappa shape index (κ1) is 12.9. The summed E-state index contributed by atoms with van der Waals surface area (Å²) in [5.41, 5.74) is 0.638. The predicted octanol–water partition coefficient (Wildman–Crippen LogP) is 2.61. The molecule has 1 aliphatic carbocycles. The van der Waals surface area contributed by atoms with Crippen LogP contribution >= 0.6 is 0 Å². The molecule has 0 aliphatic heterocycles. The molecule has 0 spiro atoms. The van der Waals surface area contributed by atoms with Gasteiger partial charge in [0.1, 0.15) is 5.82 Å². The highest BCUT2D eigenvalue weighted by atomic mass is 19.1. The van der Waals surface area contributed by atoms with E-state index in [2.05, 4.69) is 10.6 Å². The molecule has 0 bridgehead atoms. The summed E-state index contributed by atoms with van der Waals surface area (Å²) in [6, 6.07) is 6.83. The topological polar surface area (TPSA) is 41.1 Å². The van der Waals surface area contributed by atoms with E-state index in [1.165, 1.54) is 18.9 Å². The maximum Gasteiger partial charge on any atom is 0.315 e. The van der Waals surface area contributed by atoms with Crippen molar-refractivity contribution in [1.29, 1.82) is 0 Å². The third-order valence-electron chi connectivity index (χ3n) is 3.33. The summed E-state index contributed by atoms with van der Waals surface area (Å²) < 4.78 is 13.3. The number of carbonyl (C=O) groups is 1. The van der Waals surface area contributed by atoms with Crippen molar-refractivity contribution in [2.75, 3.05) is 6.54 Å². The van der Waals surface area contributed by atoms with Crippen LogP contribution in [0.1, 0.15) is 31.2 Å². The van der Waals surface area contributed by atoms with Crippen LogP contribution in [0.4, 0.5) is 9.18 Å². The summed E-state index contributed by atoms with van der Waals surface area (Å²) in [6.07, 6.45) is 5.05. The Labute approximate surface area is 107 Å². The summed E-state index contributed by atoms with van der Waals surface area (Å²) in [4.78, 5) is 11.6. The molecule has 0 saturated heterocycles. The second-order valence-corrected chi connectivity index (χ2v) is 4.72. The van der Waals surface area contributed by atoms with E-state index in [9.17, 15) is 9.18 Å².